The smallest absolute Gasteiger partial charge is 0.124 e. The van der Waals surface area contributed by atoms with Crippen molar-refractivity contribution < 1.29 is 9.47 Å². The Morgan fingerprint density at radius 2 is 2.26 bits per heavy atom. The number of nitrogens with zero attached hydrogens (tertiary/aromatic N) is 1. The Morgan fingerprint density at radius 1 is 1.42 bits per heavy atom. The Kier molecular flexibility index (Phi) is 5.05. The van der Waals surface area contributed by atoms with Crippen LogP contribution in [0, 0.1) is 11.3 Å². The maximum absolute atomic E-state index is 8.51. The zero-order valence-electron chi connectivity index (χ0n) is 11.3. The molecular weight excluding hydrogens is 240 g/mol. The van der Waals surface area contributed by atoms with E-state index in [0.717, 1.165) is 30.0 Å². The third-order valence-corrected chi connectivity index (χ3v) is 3.12. The number of ether oxygens (including phenoxy) is 2. The minimum atomic E-state index is 0.534. The number of methoxy groups -OCH3 is 1. The Labute approximate surface area is 114 Å². The molecule has 102 valence electrons. The van der Waals surface area contributed by atoms with E-state index in [1.807, 2.05) is 18.2 Å². The van der Waals surface area contributed by atoms with Crippen molar-refractivity contribution >= 4 is 0 Å². The van der Waals surface area contributed by atoms with E-state index < -0.39 is 0 Å². The Morgan fingerprint density at radius 3 is 2.95 bits per heavy atom. The molecule has 0 radical (unpaired) electrons. The van der Waals surface area contributed by atoms with E-state index in [-0.39, 0.29) is 0 Å². The number of hydrogen-bond donors (Lipinski definition) is 1. The molecule has 2 rings (SSSR count). The molecule has 1 fully saturated rings. The van der Waals surface area contributed by atoms with Crippen LogP contribution in [0.25, 0.3) is 0 Å². The molecule has 0 unspecified atom stereocenters. The zero-order chi connectivity index (χ0) is 13.5. The molecule has 0 saturated heterocycles. The predicted octanol–water partition coefficient (Wildman–Crippen LogP) is 2.63. The maximum Gasteiger partial charge on any atom is 0.124 e. The quantitative estimate of drug-likeness (QED) is 0.730. The summed E-state index contributed by atoms with van der Waals surface area (Å²) in [6.45, 7) is 1.38. The van der Waals surface area contributed by atoms with Crippen LogP contribution in [0.5, 0.6) is 11.5 Å². The summed E-state index contributed by atoms with van der Waals surface area (Å²) in [5.74, 6) is 1.73. The lowest BCUT2D eigenvalue weighted by Crippen LogP contribution is -2.16. The van der Waals surface area contributed by atoms with Crippen molar-refractivity contribution in [3.8, 4) is 17.6 Å². The molecule has 0 bridgehead atoms. The molecular formula is C15H20N2O2. The molecule has 1 aliphatic rings. The molecule has 19 heavy (non-hydrogen) atoms. The Bertz CT molecular complexity index is 450. The van der Waals surface area contributed by atoms with Crippen molar-refractivity contribution in [2.75, 3.05) is 13.7 Å². The van der Waals surface area contributed by atoms with E-state index in [0.29, 0.717) is 19.1 Å². The van der Waals surface area contributed by atoms with Gasteiger partial charge in [0, 0.05) is 24.6 Å². The van der Waals surface area contributed by atoms with Crippen molar-refractivity contribution in [2.24, 2.45) is 0 Å². The van der Waals surface area contributed by atoms with Crippen molar-refractivity contribution in [1.82, 2.24) is 5.32 Å². The van der Waals surface area contributed by atoms with Crippen molar-refractivity contribution in [1.29, 1.82) is 5.26 Å². The molecule has 0 spiro atoms. The van der Waals surface area contributed by atoms with Gasteiger partial charge in [0.1, 0.15) is 11.5 Å². The van der Waals surface area contributed by atoms with E-state index in [4.69, 9.17) is 14.7 Å². The fourth-order valence-electron chi connectivity index (χ4n) is 1.84. The second-order valence-electron chi connectivity index (χ2n) is 4.74. The minimum absolute atomic E-state index is 0.534. The van der Waals surface area contributed by atoms with Crippen LogP contribution < -0.4 is 14.8 Å². The first-order chi connectivity index (χ1) is 9.33. The summed E-state index contributed by atoms with van der Waals surface area (Å²) in [5, 5.41) is 12.0. The first-order valence-electron chi connectivity index (χ1n) is 6.73. The Balaban J connectivity index is 1.95. The average Bonchev–Trinajstić information content (AvgIpc) is 3.26. The van der Waals surface area contributed by atoms with Gasteiger partial charge in [0.25, 0.3) is 0 Å². The molecule has 1 aliphatic carbocycles. The van der Waals surface area contributed by atoms with E-state index in [2.05, 4.69) is 11.4 Å². The highest BCUT2D eigenvalue weighted by Crippen LogP contribution is 2.26. The lowest BCUT2D eigenvalue weighted by molar-refractivity contribution is 0.307. The first-order valence-corrected chi connectivity index (χ1v) is 6.73. The number of unbranched alkanes of at least 4 members (excludes halogenated alkanes) is 1. The average molecular weight is 260 g/mol. The van der Waals surface area contributed by atoms with Crippen LogP contribution in [0.1, 0.15) is 31.2 Å². The van der Waals surface area contributed by atoms with Gasteiger partial charge in [-0.25, -0.2) is 0 Å². The maximum atomic E-state index is 8.51. The number of nitriles is 1. The van der Waals surface area contributed by atoms with Gasteiger partial charge >= 0.3 is 0 Å². The highest BCUT2D eigenvalue weighted by molar-refractivity contribution is 5.40. The zero-order valence-corrected chi connectivity index (χ0v) is 11.3. The molecule has 1 saturated carbocycles. The molecule has 0 amide bonds. The van der Waals surface area contributed by atoms with Gasteiger partial charge in [-0.15, -0.1) is 0 Å². The third-order valence-electron chi connectivity index (χ3n) is 3.12. The molecule has 4 nitrogen and oxygen atoms in total. The van der Waals surface area contributed by atoms with Crippen LogP contribution in [0.3, 0.4) is 0 Å². The topological polar surface area (TPSA) is 54.3 Å². The van der Waals surface area contributed by atoms with Gasteiger partial charge in [0.2, 0.25) is 0 Å². The summed E-state index contributed by atoms with van der Waals surface area (Å²) >= 11 is 0. The van der Waals surface area contributed by atoms with Crippen molar-refractivity contribution in [3.05, 3.63) is 23.8 Å². The van der Waals surface area contributed by atoms with Crippen LogP contribution in [-0.4, -0.2) is 19.8 Å². The molecule has 1 N–H and O–H groups in total. The second-order valence-corrected chi connectivity index (χ2v) is 4.74. The predicted molar refractivity (Wildman–Crippen MR) is 73.2 cm³/mol. The monoisotopic (exact) mass is 260 g/mol. The SMILES string of the molecule is COc1ccc(OCCCC#N)c(CNC2CC2)c1. The summed E-state index contributed by atoms with van der Waals surface area (Å²) < 4.78 is 11.0. The van der Waals surface area contributed by atoms with Crippen LogP contribution >= 0.6 is 0 Å². The summed E-state index contributed by atoms with van der Waals surface area (Å²) in [7, 11) is 1.67. The van der Waals surface area contributed by atoms with Gasteiger partial charge in [0.05, 0.1) is 19.8 Å². The normalized spacial score (nSPS) is 13.9. The van der Waals surface area contributed by atoms with Gasteiger partial charge in [-0.3, -0.25) is 0 Å². The van der Waals surface area contributed by atoms with Gasteiger partial charge in [-0.05, 0) is 37.5 Å². The molecule has 0 aromatic heterocycles. The fraction of sp³-hybridized carbons (Fsp3) is 0.533. The number of rotatable bonds is 8. The highest BCUT2D eigenvalue weighted by atomic mass is 16.5. The van der Waals surface area contributed by atoms with Crippen LogP contribution in [-0.2, 0) is 6.54 Å². The summed E-state index contributed by atoms with van der Waals surface area (Å²) in [4.78, 5) is 0. The van der Waals surface area contributed by atoms with E-state index in [9.17, 15) is 0 Å². The largest absolute Gasteiger partial charge is 0.497 e. The lowest BCUT2D eigenvalue weighted by atomic mass is 10.2. The highest BCUT2D eigenvalue weighted by Gasteiger charge is 2.20. The van der Waals surface area contributed by atoms with Gasteiger partial charge in [0.15, 0.2) is 0 Å². The first kappa shape index (κ1) is 13.7. The van der Waals surface area contributed by atoms with Gasteiger partial charge in [-0.2, -0.15) is 5.26 Å². The third kappa shape index (κ3) is 4.46. The van der Waals surface area contributed by atoms with Crippen molar-refractivity contribution in [2.45, 2.75) is 38.3 Å². The molecule has 0 atom stereocenters. The van der Waals surface area contributed by atoms with Crippen LogP contribution in [0.15, 0.2) is 18.2 Å². The Hall–Kier alpha value is -1.73. The van der Waals surface area contributed by atoms with Crippen LogP contribution in [0.2, 0.25) is 0 Å². The second kappa shape index (κ2) is 7.01. The number of benzene rings is 1. The van der Waals surface area contributed by atoms with E-state index in [1.165, 1.54) is 12.8 Å². The lowest BCUT2D eigenvalue weighted by Gasteiger charge is -2.13. The van der Waals surface area contributed by atoms with Crippen molar-refractivity contribution in [3.63, 3.8) is 0 Å². The summed E-state index contributed by atoms with van der Waals surface area (Å²) in [5.41, 5.74) is 1.11. The molecule has 0 heterocycles. The summed E-state index contributed by atoms with van der Waals surface area (Å²) in [6, 6.07) is 8.64. The van der Waals surface area contributed by atoms with Crippen LogP contribution in [0.4, 0.5) is 0 Å². The van der Waals surface area contributed by atoms with E-state index in [1.54, 1.807) is 7.11 Å². The summed E-state index contributed by atoms with van der Waals surface area (Å²) in [6.07, 6.45) is 3.83. The number of nitrogens with one attached hydrogen (secondary N) is 1. The fourth-order valence-corrected chi connectivity index (χ4v) is 1.84. The standard InChI is InChI=1S/C15H20N2O2/c1-18-14-6-7-15(19-9-3-2-8-16)12(10-14)11-17-13-4-5-13/h6-7,10,13,17H,2-5,9,11H2,1H3. The minimum Gasteiger partial charge on any atom is -0.497 e. The van der Waals surface area contributed by atoms with Gasteiger partial charge in [-0.1, -0.05) is 0 Å². The molecule has 4 heteroatoms. The molecule has 1 aromatic carbocycles. The molecule has 1 aromatic rings. The van der Waals surface area contributed by atoms with Gasteiger partial charge < -0.3 is 14.8 Å². The van der Waals surface area contributed by atoms with E-state index >= 15 is 0 Å². The molecule has 0 aliphatic heterocycles. The number of hydrogen-bond acceptors (Lipinski definition) is 4.